The number of methoxy groups -OCH3 is 1. The summed E-state index contributed by atoms with van der Waals surface area (Å²) in [6.07, 6.45) is -0.753. The summed E-state index contributed by atoms with van der Waals surface area (Å²) in [6.45, 7) is 8.78. The normalized spacial score (nSPS) is 14.2. The second-order valence-electron chi connectivity index (χ2n) is 6.16. The molecule has 0 bridgehead atoms. The van der Waals surface area contributed by atoms with Crippen LogP contribution in [0.5, 0.6) is 0 Å². The topological polar surface area (TPSA) is 67.9 Å². The zero-order valence-electron chi connectivity index (χ0n) is 13.2. The minimum Gasteiger partial charge on any atom is -0.444 e. The Labute approximate surface area is 115 Å². The van der Waals surface area contributed by atoms with E-state index >= 15 is 0 Å². The average molecular weight is 274 g/mol. The van der Waals surface area contributed by atoms with Crippen LogP contribution in [0.3, 0.4) is 0 Å². The van der Waals surface area contributed by atoms with E-state index in [1.165, 1.54) is 7.11 Å². The van der Waals surface area contributed by atoms with Crippen LogP contribution in [-0.4, -0.2) is 55.3 Å². The lowest BCUT2D eigenvalue weighted by molar-refractivity contribution is -0.135. The summed E-state index contributed by atoms with van der Waals surface area (Å²) in [6, 6.07) is -0.606. The van der Waals surface area contributed by atoms with Crippen LogP contribution < -0.4 is 5.32 Å². The summed E-state index contributed by atoms with van der Waals surface area (Å²) in [5.74, 6) is -0.453. The Morgan fingerprint density at radius 1 is 1.11 bits per heavy atom. The number of likely N-dealkylation sites (N-methyl/N-ethyl adjacent to an activating group) is 1. The van der Waals surface area contributed by atoms with Crippen molar-refractivity contribution in [2.24, 2.45) is 0 Å². The van der Waals surface area contributed by atoms with Gasteiger partial charge in [0.15, 0.2) is 0 Å². The third-order valence-corrected chi connectivity index (χ3v) is 2.57. The second-order valence-corrected chi connectivity index (χ2v) is 6.16. The quantitative estimate of drug-likeness (QED) is 0.839. The summed E-state index contributed by atoms with van der Waals surface area (Å²) < 4.78 is 10.4. The highest BCUT2D eigenvalue weighted by Crippen LogP contribution is 2.18. The Hall–Kier alpha value is -1.14. The van der Waals surface area contributed by atoms with Crippen LogP contribution in [0.15, 0.2) is 0 Å². The van der Waals surface area contributed by atoms with Gasteiger partial charge in [-0.15, -0.1) is 0 Å². The smallest absolute Gasteiger partial charge is 0.414 e. The van der Waals surface area contributed by atoms with Crippen molar-refractivity contribution in [3.8, 4) is 0 Å². The summed E-state index contributed by atoms with van der Waals surface area (Å²) in [4.78, 5) is 25.4. The Kier molecular flexibility index (Phi) is 5.96. The number of nitrogens with one attached hydrogen (secondary N) is 1. The van der Waals surface area contributed by atoms with Crippen molar-refractivity contribution in [1.82, 2.24) is 10.2 Å². The molecule has 0 aliphatic carbocycles. The molecule has 0 heterocycles. The van der Waals surface area contributed by atoms with Crippen LogP contribution in [0.2, 0.25) is 0 Å². The van der Waals surface area contributed by atoms with Crippen molar-refractivity contribution in [3.05, 3.63) is 0 Å². The van der Waals surface area contributed by atoms with Gasteiger partial charge < -0.3 is 9.47 Å². The molecule has 0 rings (SSSR count). The van der Waals surface area contributed by atoms with Gasteiger partial charge >= 0.3 is 6.09 Å². The number of ether oxygens (including phenoxy) is 2. The van der Waals surface area contributed by atoms with Gasteiger partial charge in [0.2, 0.25) is 5.91 Å². The van der Waals surface area contributed by atoms with E-state index in [2.05, 4.69) is 5.32 Å². The van der Waals surface area contributed by atoms with E-state index in [-0.39, 0.29) is 0 Å². The van der Waals surface area contributed by atoms with Gasteiger partial charge in [-0.1, -0.05) is 0 Å². The molecule has 1 atom stereocenters. The van der Waals surface area contributed by atoms with E-state index in [1.807, 2.05) is 0 Å². The standard InChI is InChI=1S/C13H26N2O4/c1-12(2,3)19-11(17)14-10(16)9(15(6)7)13(4,5)18-8/h9H,1-8H3,(H,14,16,17)/t9-/m1/s1. The van der Waals surface area contributed by atoms with Crippen molar-refractivity contribution >= 4 is 12.0 Å². The highest BCUT2D eigenvalue weighted by atomic mass is 16.6. The third-order valence-electron chi connectivity index (χ3n) is 2.57. The molecule has 2 amide bonds. The predicted molar refractivity (Wildman–Crippen MR) is 72.9 cm³/mol. The van der Waals surface area contributed by atoms with Crippen molar-refractivity contribution in [3.63, 3.8) is 0 Å². The van der Waals surface area contributed by atoms with Crippen LogP contribution in [0.25, 0.3) is 0 Å². The maximum atomic E-state index is 12.2. The number of imide groups is 1. The number of carbonyl (C=O) groups excluding carboxylic acids is 2. The fourth-order valence-electron chi connectivity index (χ4n) is 1.76. The van der Waals surface area contributed by atoms with E-state index in [1.54, 1.807) is 53.6 Å². The lowest BCUT2D eigenvalue weighted by atomic mass is 9.97. The van der Waals surface area contributed by atoms with Gasteiger partial charge in [-0.2, -0.15) is 0 Å². The molecule has 6 nitrogen and oxygen atoms in total. The van der Waals surface area contributed by atoms with Gasteiger partial charge in [-0.3, -0.25) is 15.0 Å². The fraction of sp³-hybridized carbons (Fsp3) is 0.846. The van der Waals surface area contributed by atoms with Gasteiger partial charge in [0.05, 0.1) is 5.60 Å². The van der Waals surface area contributed by atoms with E-state index in [0.717, 1.165) is 0 Å². The molecule has 0 aromatic carbocycles. The monoisotopic (exact) mass is 274 g/mol. The number of carbonyl (C=O) groups is 2. The summed E-state index contributed by atoms with van der Waals surface area (Å²) in [7, 11) is 5.03. The number of hydrogen-bond acceptors (Lipinski definition) is 5. The molecule has 0 fully saturated rings. The molecule has 1 N–H and O–H groups in total. The van der Waals surface area contributed by atoms with E-state index in [0.29, 0.717) is 0 Å². The molecule has 0 saturated carbocycles. The van der Waals surface area contributed by atoms with Gasteiger partial charge in [0.25, 0.3) is 0 Å². The maximum Gasteiger partial charge on any atom is 0.414 e. The molecular weight excluding hydrogens is 248 g/mol. The van der Waals surface area contributed by atoms with Gasteiger partial charge in [-0.05, 0) is 48.7 Å². The fourth-order valence-corrected chi connectivity index (χ4v) is 1.76. The molecule has 0 aliphatic rings. The molecule has 0 aromatic rings. The van der Waals surface area contributed by atoms with E-state index in [4.69, 9.17) is 9.47 Å². The van der Waals surface area contributed by atoms with Crippen molar-refractivity contribution in [1.29, 1.82) is 0 Å². The number of alkyl carbamates (subject to hydrolysis) is 1. The van der Waals surface area contributed by atoms with Crippen LogP contribution in [0.1, 0.15) is 34.6 Å². The first kappa shape index (κ1) is 17.9. The Bertz CT molecular complexity index is 332. The lowest BCUT2D eigenvalue weighted by Gasteiger charge is -2.36. The molecule has 0 saturated heterocycles. The van der Waals surface area contributed by atoms with Crippen LogP contribution in [0, 0.1) is 0 Å². The van der Waals surface area contributed by atoms with Crippen molar-refractivity contribution in [2.45, 2.75) is 51.9 Å². The highest BCUT2D eigenvalue weighted by Gasteiger charge is 2.38. The molecular formula is C13H26N2O4. The molecule has 0 aromatic heterocycles. The first-order chi connectivity index (χ1) is 8.40. The SMILES string of the molecule is COC(C)(C)[C@@H](C(=O)NC(=O)OC(C)(C)C)N(C)C. The molecule has 0 aliphatic heterocycles. The third kappa shape index (κ3) is 6.02. The Morgan fingerprint density at radius 3 is 1.89 bits per heavy atom. The minimum atomic E-state index is -0.753. The number of amides is 2. The van der Waals surface area contributed by atoms with Gasteiger partial charge in [0.1, 0.15) is 11.6 Å². The summed E-state index contributed by atoms with van der Waals surface area (Å²) >= 11 is 0. The highest BCUT2D eigenvalue weighted by molar-refractivity contribution is 5.95. The van der Waals surface area contributed by atoms with Gasteiger partial charge in [-0.25, -0.2) is 4.79 Å². The van der Waals surface area contributed by atoms with Crippen LogP contribution >= 0.6 is 0 Å². The minimum absolute atomic E-state index is 0.453. The second kappa shape index (κ2) is 6.34. The van der Waals surface area contributed by atoms with E-state index < -0.39 is 29.2 Å². The summed E-state index contributed by atoms with van der Waals surface area (Å²) in [5, 5.41) is 2.24. The van der Waals surface area contributed by atoms with Crippen molar-refractivity contribution in [2.75, 3.05) is 21.2 Å². The molecule has 19 heavy (non-hydrogen) atoms. The number of rotatable bonds is 4. The van der Waals surface area contributed by atoms with E-state index in [9.17, 15) is 9.59 Å². The lowest BCUT2D eigenvalue weighted by Crippen LogP contribution is -2.57. The largest absolute Gasteiger partial charge is 0.444 e. The number of hydrogen-bond donors (Lipinski definition) is 1. The van der Waals surface area contributed by atoms with Gasteiger partial charge in [0, 0.05) is 7.11 Å². The van der Waals surface area contributed by atoms with Crippen molar-refractivity contribution < 1.29 is 19.1 Å². The van der Waals surface area contributed by atoms with Crippen LogP contribution in [0.4, 0.5) is 4.79 Å². The Balaban J connectivity index is 4.82. The summed E-state index contributed by atoms with van der Waals surface area (Å²) in [5.41, 5.74) is -1.37. The average Bonchev–Trinajstić information content (AvgIpc) is 2.12. The molecule has 112 valence electrons. The zero-order valence-corrected chi connectivity index (χ0v) is 13.2. The molecule has 6 heteroatoms. The maximum absolute atomic E-state index is 12.2. The first-order valence-corrected chi connectivity index (χ1v) is 6.16. The first-order valence-electron chi connectivity index (χ1n) is 6.16. The molecule has 0 radical (unpaired) electrons. The Morgan fingerprint density at radius 2 is 1.58 bits per heavy atom. The van der Waals surface area contributed by atoms with Crippen LogP contribution in [-0.2, 0) is 14.3 Å². The zero-order chi connectivity index (χ0) is 15.4. The predicted octanol–water partition coefficient (Wildman–Crippen LogP) is 1.39. The molecule has 0 spiro atoms. The molecule has 0 unspecified atom stereocenters. The number of nitrogens with zero attached hydrogens (tertiary/aromatic N) is 1.